The Morgan fingerprint density at radius 2 is 1.68 bits per heavy atom. The van der Waals surface area contributed by atoms with E-state index in [2.05, 4.69) is 10.2 Å². The Kier molecular flexibility index (Phi) is 9.52. The zero-order valence-corrected chi connectivity index (χ0v) is 22.1. The quantitative estimate of drug-likeness (QED) is 0.311. The number of anilines is 2. The van der Waals surface area contributed by atoms with Crippen LogP contribution in [0, 0.1) is 0 Å². The first-order valence-electron chi connectivity index (χ1n) is 12.6. The molecule has 0 atom stereocenters. The van der Waals surface area contributed by atoms with Crippen molar-refractivity contribution in [3.8, 4) is 11.5 Å². The second-order valence-corrected chi connectivity index (χ2v) is 8.97. The van der Waals surface area contributed by atoms with E-state index < -0.39 is 0 Å². The predicted octanol–water partition coefficient (Wildman–Crippen LogP) is 5.94. The van der Waals surface area contributed by atoms with Crippen LogP contribution in [0.5, 0.6) is 11.5 Å². The molecule has 3 aromatic carbocycles. The predicted molar refractivity (Wildman–Crippen MR) is 146 cm³/mol. The molecular formula is C29H33ClN2O5. The molecule has 0 aliphatic carbocycles. The molecule has 0 bridgehead atoms. The summed E-state index contributed by atoms with van der Waals surface area (Å²) in [6.45, 7) is 8.35. The van der Waals surface area contributed by atoms with Crippen molar-refractivity contribution >= 4 is 28.9 Å². The van der Waals surface area contributed by atoms with Gasteiger partial charge in [-0.05, 0) is 67.4 Å². The number of hydrogen-bond donors (Lipinski definition) is 1. The average Bonchev–Trinajstić information content (AvgIpc) is 2.93. The van der Waals surface area contributed by atoms with E-state index in [0.29, 0.717) is 61.7 Å². The number of ether oxygens (including phenoxy) is 4. The molecule has 0 radical (unpaired) electrons. The number of rotatable bonds is 11. The number of carbonyl (C=O) groups excluding carboxylic acids is 1. The van der Waals surface area contributed by atoms with Crippen molar-refractivity contribution < 1.29 is 23.7 Å². The van der Waals surface area contributed by atoms with Crippen molar-refractivity contribution in [2.45, 2.75) is 27.0 Å². The normalized spacial score (nSPS) is 13.2. The number of benzene rings is 3. The lowest BCUT2D eigenvalue weighted by Crippen LogP contribution is -2.37. The Labute approximate surface area is 223 Å². The monoisotopic (exact) mass is 524 g/mol. The van der Waals surface area contributed by atoms with Crippen LogP contribution in [0.25, 0.3) is 0 Å². The molecule has 0 spiro atoms. The smallest absolute Gasteiger partial charge is 0.340 e. The Morgan fingerprint density at radius 3 is 2.41 bits per heavy atom. The highest BCUT2D eigenvalue weighted by atomic mass is 35.5. The van der Waals surface area contributed by atoms with Gasteiger partial charge in [0.1, 0.15) is 6.61 Å². The Balaban J connectivity index is 1.46. The van der Waals surface area contributed by atoms with Crippen molar-refractivity contribution in [2.24, 2.45) is 0 Å². The zero-order valence-electron chi connectivity index (χ0n) is 21.3. The van der Waals surface area contributed by atoms with Crippen LogP contribution in [-0.4, -0.2) is 45.5 Å². The first-order valence-corrected chi connectivity index (χ1v) is 13.0. The fourth-order valence-electron chi connectivity index (χ4n) is 4.09. The number of carbonyl (C=O) groups is 1. The van der Waals surface area contributed by atoms with Gasteiger partial charge in [-0.1, -0.05) is 29.8 Å². The molecule has 1 heterocycles. The Morgan fingerprint density at radius 1 is 0.919 bits per heavy atom. The van der Waals surface area contributed by atoms with E-state index in [4.69, 9.17) is 30.5 Å². The van der Waals surface area contributed by atoms with E-state index in [9.17, 15) is 4.79 Å². The van der Waals surface area contributed by atoms with Crippen molar-refractivity contribution in [3.63, 3.8) is 0 Å². The third-order valence-corrected chi connectivity index (χ3v) is 6.21. The second kappa shape index (κ2) is 13.2. The summed E-state index contributed by atoms with van der Waals surface area (Å²) in [4.78, 5) is 14.9. The van der Waals surface area contributed by atoms with E-state index in [1.165, 1.54) is 0 Å². The van der Waals surface area contributed by atoms with Crippen LogP contribution in [0.1, 0.15) is 35.3 Å². The third kappa shape index (κ3) is 7.31. The Bertz CT molecular complexity index is 1180. The molecule has 37 heavy (non-hydrogen) atoms. The molecule has 1 fully saturated rings. The summed E-state index contributed by atoms with van der Waals surface area (Å²) in [5, 5.41) is 4.12. The van der Waals surface area contributed by atoms with Gasteiger partial charge in [-0.2, -0.15) is 0 Å². The molecule has 0 unspecified atom stereocenters. The van der Waals surface area contributed by atoms with Crippen LogP contribution in [-0.2, 0) is 22.6 Å². The van der Waals surface area contributed by atoms with Gasteiger partial charge in [0.05, 0.1) is 37.7 Å². The summed E-state index contributed by atoms with van der Waals surface area (Å²) >= 11 is 5.97. The lowest BCUT2D eigenvalue weighted by Gasteiger charge is -2.30. The number of nitrogens with one attached hydrogen (secondary N) is 1. The van der Waals surface area contributed by atoms with Crippen LogP contribution in [0.2, 0.25) is 5.02 Å². The zero-order chi connectivity index (χ0) is 26.0. The number of morpholine rings is 1. The van der Waals surface area contributed by atoms with E-state index in [1.807, 2.05) is 74.5 Å². The van der Waals surface area contributed by atoms with Gasteiger partial charge < -0.3 is 29.2 Å². The van der Waals surface area contributed by atoms with Crippen molar-refractivity contribution in [2.75, 3.05) is 49.7 Å². The molecule has 8 heteroatoms. The Hall–Kier alpha value is -3.42. The van der Waals surface area contributed by atoms with Gasteiger partial charge in [-0.3, -0.25) is 0 Å². The molecule has 3 aromatic rings. The van der Waals surface area contributed by atoms with Gasteiger partial charge in [0.15, 0.2) is 11.5 Å². The fraction of sp³-hybridized carbons (Fsp3) is 0.345. The fourth-order valence-corrected chi connectivity index (χ4v) is 4.22. The first kappa shape index (κ1) is 26.6. The van der Waals surface area contributed by atoms with Crippen molar-refractivity contribution in [3.05, 3.63) is 82.4 Å². The maximum absolute atomic E-state index is 12.7. The van der Waals surface area contributed by atoms with Crippen LogP contribution in [0.4, 0.5) is 11.4 Å². The van der Waals surface area contributed by atoms with E-state index in [1.54, 1.807) is 0 Å². The van der Waals surface area contributed by atoms with Gasteiger partial charge in [0, 0.05) is 30.3 Å². The molecular weight excluding hydrogens is 492 g/mol. The topological polar surface area (TPSA) is 69.3 Å². The van der Waals surface area contributed by atoms with Crippen LogP contribution < -0.4 is 19.7 Å². The number of esters is 1. The summed E-state index contributed by atoms with van der Waals surface area (Å²) in [7, 11) is 0. The van der Waals surface area contributed by atoms with Gasteiger partial charge in [-0.25, -0.2) is 4.79 Å². The molecule has 1 N–H and O–H groups in total. The van der Waals surface area contributed by atoms with Crippen molar-refractivity contribution in [1.82, 2.24) is 0 Å². The standard InChI is InChI=1S/C29H33ClN2O5/c1-3-35-28-17-22(7-12-27(28)37-20-21-5-8-23(30)9-6-21)19-31-24-10-11-26(32-13-15-34-16-14-32)25(18-24)29(33)36-4-2/h5-12,17-18,31H,3-4,13-16,19-20H2,1-2H3. The summed E-state index contributed by atoms with van der Waals surface area (Å²) in [5.41, 5.74) is 4.30. The summed E-state index contributed by atoms with van der Waals surface area (Å²) in [5.74, 6) is 1.04. The number of hydrogen-bond acceptors (Lipinski definition) is 7. The van der Waals surface area contributed by atoms with Gasteiger partial charge >= 0.3 is 5.97 Å². The maximum atomic E-state index is 12.7. The average molecular weight is 525 g/mol. The minimum Gasteiger partial charge on any atom is -0.490 e. The minimum absolute atomic E-state index is 0.325. The van der Waals surface area contributed by atoms with E-state index in [0.717, 1.165) is 35.6 Å². The molecule has 0 saturated carbocycles. The highest BCUT2D eigenvalue weighted by molar-refractivity contribution is 6.30. The van der Waals surface area contributed by atoms with Crippen molar-refractivity contribution in [1.29, 1.82) is 0 Å². The number of halogens is 1. The third-order valence-electron chi connectivity index (χ3n) is 5.96. The molecule has 0 amide bonds. The first-order chi connectivity index (χ1) is 18.1. The minimum atomic E-state index is -0.325. The molecule has 7 nitrogen and oxygen atoms in total. The van der Waals surface area contributed by atoms with Gasteiger partial charge in [-0.15, -0.1) is 0 Å². The lowest BCUT2D eigenvalue weighted by atomic mass is 10.1. The van der Waals surface area contributed by atoms with Crippen LogP contribution in [0.3, 0.4) is 0 Å². The van der Waals surface area contributed by atoms with Gasteiger partial charge in [0.2, 0.25) is 0 Å². The largest absolute Gasteiger partial charge is 0.490 e. The second-order valence-electron chi connectivity index (χ2n) is 8.53. The molecule has 196 valence electrons. The molecule has 1 aliphatic rings. The SMILES string of the molecule is CCOC(=O)c1cc(NCc2ccc(OCc3ccc(Cl)cc3)c(OCC)c2)ccc1N1CCOCC1. The number of nitrogens with zero attached hydrogens (tertiary/aromatic N) is 1. The molecule has 1 saturated heterocycles. The van der Waals surface area contributed by atoms with Crippen LogP contribution in [0.15, 0.2) is 60.7 Å². The molecule has 1 aliphatic heterocycles. The molecule has 4 rings (SSSR count). The highest BCUT2D eigenvalue weighted by Gasteiger charge is 2.20. The summed E-state index contributed by atoms with van der Waals surface area (Å²) in [6.07, 6.45) is 0. The maximum Gasteiger partial charge on any atom is 0.340 e. The lowest BCUT2D eigenvalue weighted by molar-refractivity contribution is 0.0526. The summed E-state index contributed by atoms with van der Waals surface area (Å²) in [6, 6.07) is 19.3. The molecule has 0 aromatic heterocycles. The highest BCUT2D eigenvalue weighted by Crippen LogP contribution is 2.31. The summed E-state index contributed by atoms with van der Waals surface area (Å²) < 4.78 is 22.7. The van der Waals surface area contributed by atoms with Gasteiger partial charge in [0.25, 0.3) is 0 Å². The van der Waals surface area contributed by atoms with E-state index in [-0.39, 0.29) is 5.97 Å². The van der Waals surface area contributed by atoms with Crippen LogP contribution >= 0.6 is 11.6 Å². The van der Waals surface area contributed by atoms with E-state index >= 15 is 0 Å².